The molecule has 4 heteroatoms. The van der Waals surface area contributed by atoms with Crippen molar-refractivity contribution < 1.29 is 0 Å². The SMILES string of the molecule is N#CC(Cl)=Cc1ccc(Cl)c(Cl)c1. The Hall–Kier alpha value is -0.680. The predicted octanol–water partition coefficient (Wildman–Crippen LogP) is 4.10. The highest BCUT2D eigenvalue weighted by atomic mass is 35.5. The van der Waals surface area contributed by atoms with Gasteiger partial charge >= 0.3 is 0 Å². The number of nitrogens with zero attached hydrogens (tertiary/aromatic N) is 1. The number of nitriles is 1. The fourth-order valence-corrected chi connectivity index (χ4v) is 1.21. The van der Waals surface area contributed by atoms with E-state index >= 15 is 0 Å². The largest absolute Gasteiger partial charge is 0.191 e. The van der Waals surface area contributed by atoms with Crippen molar-refractivity contribution in [2.45, 2.75) is 0 Å². The van der Waals surface area contributed by atoms with E-state index in [9.17, 15) is 0 Å². The Morgan fingerprint density at radius 1 is 1.31 bits per heavy atom. The van der Waals surface area contributed by atoms with Gasteiger partial charge in [0, 0.05) is 0 Å². The summed E-state index contributed by atoms with van der Waals surface area (Å²) < 4.78 is 0. The third-order valence-corrected chi connectivity index (χ3v) is 2.28. The van der Waals surface area contributed by atoms with Crippen LogP contribution in [0.25, 0.3) is 6.08 Å². The van der Waals surface area contributed by atoms with E-state index in [1.165, 1.54) is 6.08 Å². The van der Waals surface area contributed by atoms with E-state index in [0.29, 0.717) is 10.0 Å². The van der Waals surface area contributed by atoms with E-state index in [4.69, 9.17) is 40.1 Å². The van der Waals surface area contributed by atoms with Crippen molar-refractivity contribution >= 4 is 40.9 Å². The molecule has 0 bridgehead atoms. The third-order valence-electron chi connectivity index (χ3n) is 1.34. The third kappa shape index (κ3) is 2.93. The summed E-state index contributed by atoms with van der Waals surface area (Å²) in [4.78, 5) is 0. The van der Waals surface area contributed by atoms with E-state index in [-0.39, 0.29) is 5.03 Å². The highest BCUT2D eigenvalue weighted by molar-refractivity contribution is 6.42. The van der Waals surface area contributed by atoms with Gasteiger partial charge in [-0.15, -0.1) is 0 Å². The lowest BCUT2D eigenvalue weighted by atomic mass is 10.2. The lowest BCUT2D eigenvalue weighted by Gasteiger charge is -1.96. The summed E-state index contributed by atoms with van der Waals surface area (Å²) in [5.74, 6) is 0. The van der Waals surface area contributed by atoms with Crippen LogP contribution in [0, 0.1) is 11.3 Å². The van der Waals surface area contributed by atoms with Crippen molar-refractivity contribution in [1.82, 2.24) is 0 Å². The first-order valence-corrected chi connectivity index (χ1v) is 4.49. The van der Waals surface area contributed by atoms with Crippen LogP contribution >= 0.6 is 34.8 Å². The molecule has 0 heterocycles. The van der Waals surface area contributed by atoms with Crippen LogP contribution in [0.3, 0.4) is 0 Å². The van der Waals surface area contributed by atoms with Crippen LogP contribution in [0.2, 0.25) is 10.0 Å². The lowest BCUT2D eigenvalue weighted by Crippen LogP contribution is -1.74. The Labute approximate surface area is 91.1 Å². The topological polar surface area (TPSA) is 23.8 Å². The minimum atomic E-state index is 0.110. The van der Waals surface area contributed by atoms with Gasteiger partial charge < -0.3 is 0 Å². The van der Waals surface area contributed by atoms with E-state index in [2.05, 4.69) is 0 Å². The Balaban J connectivity index is 3.07. The monoisotopic (exact) mass is 231 g/mol. The highest BCUT2D eigenvalue weighted by Crippen LogP contribution is 2.23. The lowest BCUT2D eigenvalue weighted by molar-refractivity contribution is 1.53. The molecule has 1 nitrogen and oxygen atoms in total. The van der Waals surface area contributed by atoms with Crippen molar-refractivity contribution in [3.8, 4) is 6.07 Å². The van der Waals surface area contributed by atoms with Crippen LogP contribution in [0.4, 0.5) is 0 Å². The number of hydrogen-bond donors (Lipinski definition) is 0. The molecule has 0 radical (unpaired) electrons. The average molecular weight is 232 g/mol. The van der Waals surface area contributed by atoms with Gasteiger partial charge in [0.15, 0.2) is 0 Å². The Kier molecular flexibility index (Phi) is 3.62. The molecule has 0 aliphatic rings. The van der Waals surface area contributed by atoms with Crippen LogP contribution < -0.4 is 0 Å². The number of benzene rings is 1. The van der Waals surface area contributed by atoms with Crippen molar-refractivity contribution in [1.29, 1.82) is 5.26 Å². The number of rotatable bonds is 1. The highest BCUT2D eigenvalue weighted by Gasteiger charge is 1.97. The van der Waals surface area contributed by atoms with Gasteiger partial charge in [-0.1, -0.05) is 40.9 Å². The van der Waals surface area contributed by atoms with Gasteiger partial charge in [-0.3, -0.25) is 0 Å². The van der Waals surface area contributed by atoms with E-state index in [1.54, 1.807) is 24.3 Å². The quantitative estimate of drug-likeness (QED) is 0.669. The van der Waals surface area contributed by atoms with Crippen molar-refractivity contribution in [3.63, 3.8) is 0 Å². The summed E-state index contributed by atoms with van der Waals surface area (Å²) in [6.07, 6.45) is 1.52. The molecule has 0 saturated heterocycles. The molecule has 0 unspecified atom stereocenters. The van der Waals surface area contributed by atoms with Gasteiger partial charge in [-0.05, 0) is 23.8 Å². The van der Waals surface area contributed by atoms with Crippen molar-refractivity contribution in [2.75, 3.05) is 0 Å². The minimum Gasteiger partial charge on any atom is -0.191 e. The summed E-state index contributed by atoms with van der Waals surface area (Å²) in [7, 11) is 0. The number of halogens is 3. The summed E-state index contributed by atoms with van der Waals surface area (Å²) in [5, 5.41) is 9.44. The molecule has 0 amide bonds. The summed E-state index contributed by atoms with van der Waals surface area (Å²) in [6.45, 7) is 0. The maximum atomic E-state index is 8.41. The Bertz CT molecular complexity index is 390. The molecular formula is C9H4Cl3N. The number of hydrogen-bond acceptors (Lipinski definition) is 1. The normalized spacial score (nSPS) is 11.1. The number of allylic oxidation sites excluding steroid dienone is 1. The van der Waals surface area contributed by atoms with Crippen LogP contribution in [0.15, 0.2) is 23.2 Å². The fraction of sp³-hybridized carbons (Fsp3) is 0. The molecule has 0 atom stereocenters. The zero-order valence-electron chi connectivity index (χ0n) is 6.39. The molecule has 0 saturated carbocycles. The van der Waals surface area contributed by atoms with Gasteiger partial charge in [-0.2, -0.15) is 5.26 Å². The molecular weight excluding hydrogens is 228 g/mol. The van der Waals surface area contributed by atoms with E-state index in [0.717, 1.165) is 5.56 Å². The second-order valence-electron chi connectivity index (χ2n) is 2.28. The molecule has 0 aliphatic heterocycles. The Morgan fingerprint density at radius 3 is 2.54 bits per heavy atom. The summed E-state index contributed by atoms with van der Waals surface area (Å²) >= 11 is 17.0. The van der Waals surface area contributed by atoms with Gasteiger partial charge in [0.1, 0.15) is 11.1 Å². The smallest absolute Gasteiger partial charge is 0.118 e. The minimum absolute atomic E-state index is 0.110. The maximum absolute atomic E-state index is 8.41. The molecule has 1 aromatic rings. The molecule has 0 N–H and O–H groups in total. The first-order chi connectivity index (χ1) is 6.13. The van der Waals surface area contributed by atoms with E-state index in [1.807, 2.05) is 0 Å². The van der Waals surface area contributed by atoms with Crippen LogP contribution in [0.1, 0.15) is 5.56 Å². The molecule has 0 aliphatic carbocycles. The first kappa shape index (κ1) is 10.4. The van der Waals surface area contributed by atoms with Gasteiger partial charge in [-0.25, -0.2) is 0 Å². The zero-order chi connectivity index (χ0) is 9.84. The van der Waals surface area contributed by atoms with Gasteiger partial charge in [0.05, 0.1) is 10.0 Å². The molecule has 0 fully saturated rings. The second kappa shape index (κ2) is 4.53. The zero-order valence-corrected chi connectivity index (χ0v) is 8.66. The average Bonchev–Trinajstić information content (AvgIpc) is 2.11. The van der Waals surface area contributed by atoms with Gasteiger partial charge in [0.2, 0.25) is 0 Å². The Morgan fingerprint density at radius 2 is 2.00 bits per heavy atom. The molecule has 66 valence electrons. The van der Waals surface area contributed by atoms with Crippen molar-refractivity contribution in [3.05, 3.63) is 38.8 Å². The molecule has 1 aromatic carbocycles. The molecule has 0 aromatic heterocycles. The maximum Gasteiger partial charge on any atom is 0.118 e. The fourth-order valence-electron chi connectivity index (χ4n) is 0.781. The van der Waals surface area contributed by atoms with Gasteiger partial charge in [0.25, 0.3) is 0 Å². The second-order valence-corrected chi connectivity index (χ2v) is 3.50. The molecule has 0 spiro atoms. The van der Waals surface area contributed by atoms with Crippen LogP contribution in [-0.2, 0) is 0 Å². The first-order valence-electron chi connectivity index (χ1n) is 3.36. The van der Waals surface area contributed by atoms with Crippen LogP contribution in [-0.4, -0.2) is 0 Å². The standard InChI is InChI=1S/C9H4Cl3N/c10-7(5-13)3-6-1-2-8(11)9(12)4-6/h1-4H. The summed E-state index contributed by atoms with van der Waals surface area (Å²) in [6, 6.07) is 6.82. The molecule has 1 rings (SSSR count). The van der Waals surface area contributed by atoms with Crippen molar-refractivity contribution in [2.24, 2.45) is 0 Å². The summed E-state index contributed by atoms with van der Waals surface area (Å²) in [5.41, 5.74) is 0.751. The predicted molar refractivity (Wildman–Crippen MR) is 55.9 cm³/mol. The van der Waals surface area contributed by atoms with E-state index < -0.39 is 0 Å². The van der Waals surface area contributed by atoms with Crippen LogP contribution in [0.5, 0.6) is 0 Å². The molecule has 13 heavy (non-hydrogen) atoms.